The first kappa shape index (κ1) is 13.2. The SMILES string of the molecule is C#CCCCC(Cc1cccc(Br)c1)NN. The van der Waals surface area contributed by atoms with E-state index in [1.54, 1.807) is 0 Å². The average molecular weight is 281 g/mol. The zero-order chi connectivity index (χ0) is 11.8. The van der Waals surface area contributed by atoms with Crippen molar-refractivity contribution < 1.29 is 0 Å². The maximum atomic E-state index is 5.53. The highest BCUT2D eigenvalue weighted by atomic mass is 79.9. The second kappa shape index (κ2) is 7.45. The molecule has 0 fully saturated rings. The van der Waals surface area contributed by atoms with Crippen molar-refractivity contribution in [1.29, 1.82) is 0 Å². The molecule has 0 aliphatic rings. The summed E-state index contributed by atoms with van der Waals surface area (Å²) in [6.45, 7) is 0. The first-order valence-corrected chi connectivity index (χ1v) is 6.19. The fraction of sp³-hybridized carbons (Fsp3) is 0.385. The Labute approximate surface area is 106 Å². The predicted molar refractivity (Wildman–Crippen MR) is 71.6 cm³/mol. The zero-order valence-corrected chi connectivity index (χ0v) is 10.8. The molecule has 3 N–H and O–H groups in total. The molecule has 0 spiro atoms. The molecule has 0 aliphatic carbocycles. The van der Waals surface area contributed by atoms with Crippen molar-refractivity contribution in [3.8, 4) is 12.3 Å². The van der Waals surface area contributed by atoms with Crippen LogP contribution in [0, 0.1) is 12.3 Å². The average Bonchev–Trinajstić information content (AvgIpc) is 2.28. The second-order valence-electron chi connectivity index (χ2n) is 3.79. The first-order chi connectivity index (χ1) is 7.76. The maximum absolute atomic E-state index is 5.53. The van der Waals surface area contributed by atoms with Gasteiger partial charge in [-0.25, -0.2) is 0 Å². The number of unbranched alkanes of at least 4 members (excludes halogenated alkanes) is 1. The van der Waals surface area contributed by atoms with Gasteiger partial charge in [-0.3, -0.25) is 11.3 Å². The molecule has 1 aromatic rings. The third-order valence-electron chi connectivity index (χ3n) is 2.48. The molecule has 0 radical (unpaired) electrons. The molecule has 0 bridgehead atoms. The van der Waals surface area contributed by atoms with E-state index in [-0.39, 0.29) is 0 Å². The molecule has 0 saturated heterocycles. The molecular formula is C13H17BrN2. The molecule has 1 unspecified atom stereocenters. The topological polar surface area (TPSA) is 38.0 Å². The molecule has 2 nitrogen and oxygen atoms in total. The molecule has 86 valence electrons. The van der Waals surface area contributed by atoms with Crippen LogP contribution in [0.3, 0.4) is 0 Å². The standard InChI is InChI=1S/C13H17BrN2/c1-2-3-4-8-13(16-15)10-11-6-5-7-12(14)9-11/h1,5-7,9,13,16H,3-4,8,10,15H2. The van der Waals surface area contributed by atoms with E-state index in [4.69, 9.17) is 12.3 Å². The first-order valence-electron chi connectivity index (χ1n) is 5.40. The Hall–Kier alpha value is -0.820. The van der Waals surface area contributed by atoms with E-state index in [0.717, 1.165) is 30.2 Å². The summed E-state index contributed by atoms with van der Waals surface area (Å²) in [7, 11) is 0. The van der Waals surface area contributed by atoms with Crippen molar-refractivity contribution >= 4 is 15.9 Å². The second-order valence-corrected chi connectivity index (χ2v) is 4.71. The molecule has 0 aliphatic heterocycles. The summed E-state index contributed by atoms with van der Waals surface area (Å²) < 4.78 is 1.10. The quantitative estimate of drug-likeness (QED) is 0.364. The van der Waals surface area contributed by atoms with Crippen molar-refractivity contribution in [1.82, 2.24) is 5.43 Å². The van der Waals surface area contributed by atoms with Crippen molar-refractivity contribution in [2.75, 3.05) is 0 Å². The molecule has 3 heteroatoms. The van der Waals surface area contributed by atoms with Gasteiger partial charge in [0.1, 0.15) is 0 Å². The third kappa shape index (κ3) is 4.80. The maximum Gasteiger partial charge on any atom is 0.0251 e. The molecule has 1 aromatic carbocycles. The molecule has 0 heterocycles. The lowest BCUT2D eigenvalue weighted by Crippen LogP contribution is -2.36. The van der Waals surface area contributed by atoms with Crippen LogP contribution in [0.2, 0.25) is 0 Å². The van der Waals surface area contributed by atoms with Gasteiger partial charge in [-0.2, -0.15) is 0 Å². The van der Waals surface area contributed by atoms with Crippen LogP contribution in [0.1, 0.15) is 24.8 Å². The lowest BCUT2D eigenvalue weighted by molar-refractivity contribution is 0.479. The summed E-state index contributed by atoms with van der Waals surface area (Å²) in [6.07, 6.45) is 8.99. The number of hydrazine groups is 1. The summed E-state index contributed by atoms with van der Waals surface area (Å²) in [4.78, 5) is 0. The van der Waals surface area contributed by atoms with Gasteiger partial charge in [0.2, 0.25) is 0 Å². The van der Waals surface area contributed by atoms with Gasteiger partial charge in [-0.15, -0.1) is 12.3 Å². The number of terminal acetylenes is 1. The summed E-state index contributed by atoms with van der Waals surface area (Å²) in [5.41, 5.74) is 4.12. The number of nitrogens with two attached hydrogens (primary N) is 1. The van der Waals surface area contributed by atoms with Crippen molar-refractivity contribution in [2.24, 2.45) is 5.84 Å². The van der Waals surface area contributed by atoms with E-state index in [1.165, 1.54) is 5.56 Å². The Bertz CT molecular complexity index is 357. The Morgan fingerprint density at radius 2 is 2.31 bits per heavy atom. The molecule has 0 aromatic heterocycles. The third-order valence-corrected chi connectivity index (χ3v) is 2.97. The van der Waals surface area contributed by atoms with E-state index < -0.39 is 0 Å². The van der Waals surface area contributed by atoms with Gasteiger partial charge >= 0.3 is 0 Å². The number of rotatable bonds is 6. The van der Waals surface area contributed by atoms with Gasteiger partial charge < -0.3 is 0 Å². The van der Waals surface area contributed by atoms with Crippen molar-refractivity contribution in [3.63, 3.8) is 0 Å². The van der Waals surface area contributed by atoms with Gasteiger partial charge in [0.05, 0.1) is 0 Å². The Morgan fingerprint density at radius 1 is 1.50 bits per heavy atom. The highest BCUT2D eigenvalue weighted by Gasteiger charge is 2.07. The predicted octanol–water partition coefficient (Wildman–Crippen LogP) is 2.63. The Morgan fingerprint density at radius 3 is 2.94 bits per heavy atom. The van der Waals surface area contributed by atoms with E-state index in [2.05, 4.69) is 39.4 Å². The van der Waals surface area contributed by atoms with Gasteiger partial charge in [0.25, 0.3) is 0 Å². The fourth-order valence-electron chi connectivity index (χ4n) is 1.64. The van der Waals surface area contributed by atoms with Gasteiger partial charge in [-0.1, -0.05) is 28.1 Å². The van der Waals surface area contributed by atoms with Crippen molar-refractivity contribution in [3.05, 3.63) is 34.3 Å². The number of nitrogens with one attached hydrogen (secondary N) is 1. The van der Waals surface area contributed by atoms with Crippen LogP contribution in [0.15, 0.2) is 28.7 Å². The summed E-state index contributed by atoms with van der Waals surface area (Å²) in [5.74, 6) is 8.17. The lowest BCUT2D eigenvalue weighted by Gasteiger charge is -2.15. The van der Waals surface area contributed by atoms with Crippen molar-refractivity contribution in [2.45, 2.75) is 31.7 Å². The minimum absolute atomic E-state index is 0.294. The normalized spacial score (nSPS) is 12.1. The molecule has 0 saturated carbocycles. The number of benzene rings is 1. The highest BCUT2D eigenvalue weighted by Crippen LogP contribution is 2.14. The van der Waals surface area contributed by atoms with Gasteiger partial charge in [0, 0.05) is 16.9 Å². The van der Waals surface area contributed by atoms with Crippen LogP contribution in [0.25, 0.3) is 0 Å². The highest BCUT2D eigenvalue weighted by molar-refractivity contribution is 9.10. The van der Waals surface area contributed by atoms with Crippen LogP contribution in [-0.2, 0) is 6.42 Å². The molecule has 1 atom stereocenters. The van der Waals surface area contributed by atoms with Crippen LogP contribution in [0.5, 0.6) is 0 Å². The molecular weight excluding hydrogens is 264 g/mol. The van der Waals surface area contributed by atoms with Crippen LogP contribution in [-0.4, -0.2) is 6.04 Å². The molecule has 0 amide bonds. The van der Waals surface area contributed by atoms with Gasteiger partial charge in [-0.05, 0) is 37.0 Å². The number of hydrogen-bond acceptors (Lipinski definition) is 2. The van der Waals surface area contributed by atoms with E-state index in [9.17, 15) is 0 Å². The van der Waals surface area contributed by atoms with Crippen LogP contribution in [0.4, 0.5) is 0 Å². The van der Waals surface area contributed by atoms with Crippen LogP contribution < -0.4 is 11.3 Å². The minimum Gasteiger partial charge on any atom is -0.271 e. The molecule has 1 rings (SSSR count). The summed E-state index contributed by atoms with van der Waals surface area (Å²) >= 11 is 3.46. The Balaban J connectivity index is 2.47. The summed E-state index contributed by atoms with van der Waals surface area (Å²) in [5, 5.41) is 0. The van der Waals surface area contributed by atoms with E-state index >= 15 is 0 Å². The lowest BCUT2D eigenvalue weighted by atomic mass is 10.0. The molecule has 16 heavy (non-hydrogen) atoms. The number of halogens is 1. The van der Waals surface area contributed by atoms with E-state index in [1.807, 2.05) is 12.1 Å². The zero-order valence-electron chi connectivity index (χ0n) is 9.25. The smallest absolute Gasteiger partial charge is 0.0251 e. The monoisotopic (exact) mass is 280 g/mol. The number of hydrogen-bond donors (Lipinski definition) is 2. The largest absolute Gasteiger partial charge is 0.271 e. The van der Waals surface area contributed by atoms with E-state index in [0.29, 0.717) is 6.04 Å². The van der Waals surface area contributed by atoms with Gasteiger partial charge in [0.15, 0.2) is 0 Å². The minimum atomic E-state index is 0.294. The fourth-order valence-corrected chi connectivity index (χ4v) is 2.09. The summed E-state index contributed by atoms with van der Waals surface area (Å²) in [6, 6.07) is 8.57. The van der Waals surface area contributed by atoms with Crippen LogP contribution >= 0.6 is 15.9 Å². The Kier molecular flexibility index (Phi) is 6.17.